The molecule has 0 bridgehead atoms. The molecule has 21 heavy (non-hydrogen) atoms. The maximum Gasteiger partial charge on any atom is 0.243 e. The van der Waals surface area contributed by atoms with Crippen molar-refractivity contribution in [2.24, 2.45) is 0 Å². The number of likely N-dealkylation sites (tertiary alicyclic amines) is 1. The fourth-order valence-corrected chi connectivity index (χ4v) is 2.83. The molecule has 6 nitrogen and oxygen atoms in total. The van der Waals surface area contributed by atoms with Gasteiger partial charge >= 0.3 is 0 Å². The summed E-state index contributed by atoms with van der Waals surface area (Å²) in [5.41, 5.74) is 1.14. The standard InChI is InChI=1S/C15H19N5O/c1-16-14-9-12(4-5-18-14)13-3-2-7-20(13)15(21)10-19-8-6-17-11-19/h4-6,8-9,11,13H,2-3,7,10H2,1H3,(H,16,18). The topological polar surface area (TPSA) is 63.1 Å². The number of nitrogens with zero attached hydrogens (tertiary/aromatic N) is 4. The highest BCUT2D eigenvalue weighted by Crippen LogP contribution is 2.32. The zero-order valence-electron chi connectivity index (χ0n) is 12.1. The Balaban J connectivity index is 1.76. The lowest BCUT2D eigenvalue weighted by Gasteiger charge is -2.25. The molecule has 0 spiro atoms. The first kappa shape index (κ1) is 13.6. The number of aromatic nitrogens is 3. The zero-order chi connectivity index (χ0) is 14.7. The van der Waals surface area contributed by atoms with Gasteiger partial charge in [-0.25, -0.2) is 9.97 Å². The lowest BCUT2D eigenvalue weighted by atomic mass is 10.1. The second-order valence-corrected chi connectivity index (χ2v) is 5.20. The molecule has 1 aliphatic heterocycles. The molecule has 2 aromatic rings. The largest absolute Gasteiger partial charge is 0.373 e. The summed E-state index contributed by atoms with van der Waals surface area (Å²) in [6.07, 6.45) is 9.01. The molecule has 1 fully saturated rings. The van der Waals surface area contributed by atoms with Gasteiger partial charge in [-0.05, 0) is 30.5 Å². The van der Waals surface area contributed by atoms with E-state index in [0.717, 1.165) is 30.8 Å². The van der Waals surface area contributed by atoms with Gasteiger partial charge in [-0.3, -0.25) is 4.79 Å². The van der Waals surface area contributed by atoms with Crippen molar-refractivity contribution >= 4 is 11.7 Å². The van der Waals surface area contributed by atoms with Crippen LogP contribution in [-0.4, -0.2) is 38.9 Å². The molecule has 1 saturated heterocycles. The number of nitrogens with one attached hydrogen (secondary N) is 1. The van der Waals surface area contributed by atoms with Crippen molar-refractivity contribution in [3.05, 3.63) is 42.6 Å². The van der Waals surface area contributed by atoms with Crippen LogP contribution < -0.4 is 5.32 Å². The smallest absolute Gasteiger partial charge is 0.243 e. The van der Waals surface area contributed by atoms with Crippen molar-refractivity contribution < 1.29 is 4.79 Å². The van der Waals surface area contributed by atoms with Crippen molar-refractivity contribution in [3.8, 4) is 0 Å². The lowest BCUT2D eigenvalue weighted by Crippen LogP contribution is -2.33. The van der Waals surface area contributed by atoms with Crippen molar-refractivity contribution in [1.29, 1.82) is 0 Å². The van der Waals surface area contributed by atoms with Crippen LogP contribution in [0.5, 0.6) is 0 Å². The van der Waals surface area contributed by atoms with Crippen molar-refractivity contribution in [3.63, 3.8) is 0 Å². The Morgan fingerprint density at radius 3 is 3.14 bits per heavy atom. The van der Waals surface area contributed by atoms with E-state index in [-0.39, 0.29) is 11.9 Å². The van der Waals surface area contributed by atoms with Crippen LogP contribution in [0.1, 0.15) is 24.4 Å². The number of carbonyl (C=O) groups is 1. The normalized spacial score (nSPS) is 18.0. The molecule has 6 heteroatoms. The summed E-state index contributed by atoms with van der Waals surface area (Å²) in [6, 6.07) is 4.16. The molecule has 1 N–H and O–H groups in total. The number of pyridine rings is 1. The van der Waals surface area contributed by atoms with Gasteiger partial charge in [0.25, 0.3) is 0 Å². The van der Waals surface area contributed by atoms with Crippen LogP contribution in [0.3, 0.4) is 0 Å². The third-order valence-electron chi connectivity index (χ3n) is 3.88. The molecule has 0 aliphatic carbocycles. The van der Waals surface area contributed by atoms with E-state index in [0.29, 0.717) is 6.54 Å². The van der Waals surface area contributed by atoms with E-state index in [1.807, 2.05) is 34.8 Å². The molecule has 2 aromatic heterocycles. The van der Waals surface area contributed by atoms with Gasteiger partial charge in [-0.2, -0.15) is 0 Å². The van der Waals surface area contributed by atoms with E-state index in [4.69, 9.17) is 0 Å². The minimum Gasteiger partial charge on any atom is -0.373 e. The summed E-state index contributed by atoms with van der Waals surface area (Å²) >= 11 is 0. The number of amides is 1. The SMILES string of the molecule is CNc1cc(C2CCCN2C(=O)Cn2ccnc2)ccn1. The Hall–Kier alpha value is -2.37. The van der Waals surface area contributed by atoms with Crippen molar-refractivity contribution in [1.82, 2.24) is 19.4 Å². The number of imidazole rings is 1. The first-order valence-corrected chi connectivity index (χ1v) is 7.17. The molecule has 0 saturated carbocycles. The number of hydrogen-bond donors (Lipinski definition) is 1. The lowest BCUT2D eigenvalue weighted by molar-refractivity contribution is -0.132. The van der Waals surface area contributed by atoms with E-state index in [1.54, 1.807) is 18.7 Å². The molecular formula is C15H19N5O. The average Bonchev–Trinajstić information content (AvgIpc) is 3.18. The molecule has 1 atom stereocenters. The molecule has 0 aromatic carbocycles. The van der Waals surface area contributed by atoms with E-state index in [1.165, 1.54) is 0 Å². The van der Waals surface area contributed by atoms with Crippen molar-refractivity contribution in [2.45, 2.75) is 25.4 Å². The van der Waals surface area contributed by atoms with Gasteiger partial charge < -0.3 is 14.8 Å². The predicted octanol–water partition coefficient (Wildman–Crippen LogP) is 1.68. The van der Waals surface area contributed by atoms with Crippen LogP contribution in [0, 0.1) is 0 Å². The third kappa shape index (κ3) is 2.89. The van der Waals surface area contributed by atoms with E-state index < -0.39 is 0 Å². The summed E-state index contributed by atoms with van der Waals surface area (Å²) in [5, 5.41) is 3.04. The van der Waals surface area contributed by atoms with Crippen LogP contribution in [0.15, 0.2) is 37.1 Å². The van der Waals surface area contributed by atoms with Crippen LogP contribution in [-0.2, 0) is 11.3 Å². The van der Waals surface area contributed by atoms with Gasteiger partial charge in [0.1, 0.15) is 12.4 Å². The Morgan fingerprint density at radius 2 is 2.38 bits per heavy atom. The zero-order valence-corrected chi connectivity index (χ0v) is 12.1. The Morgan fingerprint density at radius 1 is 1.48 bits per heavy atom. The average molecular weight is 285 g/mol. The Labute approximate surface area is 123 Å². The van der Waals surface area contributed by atoms with E-state index in [2.05, 4.69) is 15.3 Å². The molecule has 110 valence electrons. The highest BCUT2D eigenvalue weighted by Gasteiger charge is 2.30. The van der Waals surface area contributed by atoms with Gasteiger partial charge in [0, 0.05) is 32.2 Å². The number of carbonyl (C=O) groups excluding carboxylic acids is 1. The Kier molecular flexibility index (Phi) is 3.85. The first-order valence-electron chi connectivity index (χ1n) is 7.17. The second-order valence-electron chi connectivity index (χ2n) is 5.20. The van der Waals surface area contributed by atoms with Crippen LogP contribution in [0.25, 0.3) is 0 Å². The monoisotopic (exact) mass is 285 g/mol. The highest BCUT2D eigenvalue weighted by molar-refractivity contribution is 5.77. The Bertz CT molecular complexity index is 610. The molecular weight excluding hydrogens is 266 g/mol. The van der Waals surface area contributed by atoms with Gasteiger partial charge in [-0.15, -0.1) is 0 Å². The van der Waals surface area contributed by atoms with Crippen LogP contribution in [0.4, 0.5) is 5.82 Å². The van der Waals surface area contributed by atoms with Gasteiger partial charge in [0.05, 0.1) is 12.4 Å². The highest BCUT2D eigenvalue weighted by atomic mass is 16.2. The first-order chi connectivity index (χ1) is 10.3. The molecule has 1 unspecified atom stereocenters. The minimum absolute atomic E-state index is 0.137. The third-order valence-corrected chi connectivity index (χ3v) is 3.88. The summed E-state index contributed by atoms with van der Waals surface area (Å²) in [7, 11) is 1.85. The molecule has 3 heterocycles. The number of anilines is 1. The molecule has 1 amide bonds. The van der Waals surface area contributed by atoms with Gasteiger partial charge in [0.15, 0.2) is 0 Å². The van der Waals surface area contributed by atoms with Crippen LogP contribution in [0.2, 0.25) is 0 Å². The summed E-state index contributed by atoms with van der Waals surface area (Å²) < 4.78 is 1.81. The second kappa shape index (κ2) is 5.95. The maximum atomic E-state index is 12.5. The molecule has 3 rings (SSSR count). The predicted molar refractivity (Wildman–Crippen MR) is 79.7 cm³/mol. The molecule has 1 aliphatic rings. The quantitative estimate of drug-likeness (QED) is 0.928. The summed E-state index contributed by atoms with van der Waals surface area (Å²) in [6.45, 7) is 1.16. The van der Waals surface area contributed by atoms with Crippen LogP contribution >= 0.6 is 0 Å². The number of hydrogen-bond acceptors (Lipinski definition) is 4. The minimum atomic E-state index is 0.137. The summed E-state index contributed by atoms with van der Waals surface area (Å²) in [4.78, 5) is 22.7. The van der Waals surface area contributed by atoms with E-state index >= 15 is 0 Å². The van der Waals surface area contributed by atoms with Gasteiger partial charge in [0.2, 0.25) is 5.91 Å². The fourth-order valence-electron chi connectivity index (χ4n) is 2.83. The van der Waals surface area contributed by atoms with Crippen molar-refractivity contribution in [2.75, 3.05) is 18.9 Å². The van der Waals surface area contributed by atoms with E-state index in [9.17, 15) is 4.79 Å². The van der Waals surface area contributed by atoms with Gasteiger partial charge in [-0.1, -0.05) is 0 Å². The molecule has 0 radical (unpaired) electrons. The number of rotatable bonds is 4. The fraction of sp³-hybridized carbons (Fsp3) is 0.400. The summed E-state index contributed by atoms with van der Waals surface area (Å²) in [5.74, 6) is 0.972. The maximum absolute atomic E-state index is 12.5.